The van der Waals surface area contributed by atoms with E-state index in [9.17, 15) is 4.79 Å². The number of aromatic nitrogens is 2. The molecule has 0 saturated carbocycles. The van der Waals surface area contributed by atoms with E-state index in [1.165, 1.54) is 11.3 Å². The van der Waals surface area contributed by atoms with E-state index in [1.54, 1.807) is 4.68 Å². The van der Waals surface area contributed by atoms with E-state index in [2.05, 4.69) is 5.10 Å². The van der Waals surface area contributed by atoms with Crippen LogP contribution in [0.5, 0.6) is 0 Å². The molecule has 2 bridgehead atoms. The normalized spacial score (nSPS) is 29.0. The molecule has 0 spiro atoms. The lowest BCUT2D eigenvalue weighted by Crippen LogP contribution is -2.37. The average molecular weight is 310 g/mol. The molecule has 104 valence electrons. The second kappa shape index (κ2) is 4.59. The highest BCUT2D eigenvalue weighted by Crippen LogP contribution is 2.34. The van der Waals surface area contributed by atoms with E-state index in [0.717, 1.165) is 4.88 Å². The third kappa shape index (κ3) is 1.87. The molecule has 0 aromatic carbocycles. The van der Waals surface area contributed by atoms with Crippen molar-refractivity contribution in [3.63, 3.8) is 0 Å². The number of hydrogen-bond acceptors (Lipinski definition) is 7. The Morgan fingerprint density at radius 1 is 1.50 bits per heavy atom. The van der Waals surface area contributed by atoms with E-state index in [4.69, 9.17) is 26.1 Å². The summed E-state index contributed by atoms with van der Waals surface area (Å²) in [6.45, 7) is 0.379. The summed E-state index contributed by atoms with van der Waals surface area (Å²) in [6.07, 6.45) is -0.611. The number of carbonyl (C=O) groups excluding carboxylic acids is 1. The van der Waals surface area contributed by atoms with Gasteiger partial charge >= 0.3 is 0 Å². The Bertz CT molecular complexity index is 705. The van der Waals surface area contributed by atoms with Crippen molar-refractivity contribution in [2.75, 3.05) is 6.61 Å². The van der Waals surface area contributed by atoms with E-state index in [0.29, 0.717) is 18.9 Å². The van der Waals surface area contributed by atoms with Crippen molar-refractivity contribution in [2.45, 2.75) is 24.9 Å². The van der Waals surface area contributed by atoms with Gasteiger partial charge in [0.1, 0.15) is 6.10 Å². The van der Waals surface area contributed by atoms with E-state index in [-0.39, 0.29) is 22.8 Å². The van der Waals surface area contributed by atoms with Crippen molar-refractivity contribution < 1.29 is 18.7 Å². The highest BCUT2D eigenvalue weighted by atomic mass is 32.1. The van der Waals surface area contributed by atoms with Crippen molar-refractivity contribution in [1.29, 1.82) is 0 Å². The molecule has 3 atom stereocenters. The molecule has 2 fully saturated rings. The quantitative estimate of drug-likeness (QED) is 0.792. The zero-order chi connectivity index (χ0) is 13.7. The summed E-state index contributed by atoms with van der Waals surface area (Å²) < 4.78 is 17.9. The zero-order valence-electron chi connectivity index (χ0n) is 10.2. The van der Waals surface area contributed by atoms with Crippen LogP contribution in [0.3, 0.4) is 0 Å². The second-order valence-electron chi connectivity index (χ2n) is 4.67. The summed E-state index contributed by atoms with van der Waals surface area (Å²) in [5.74, 6) is 0.393. The average Bonchev–Trinajstić information content (AvgIpc) is 3.15. The first-order valence-electron chi connectivity index (χ1n) is 6.15. The van der Waals surface area contributed by atoms with Gasteiger partial charge in [-0.2, -0.15) is 0 Å². The number of fused-ring (bicyclic) bond motifs is 2. The smallest absolute Gasteiger partial charge is 0.287 e. The molecule has 8 heteroatoms. The fraction of sp³-hybridized carbons (Fsp3) is 0.417. The fourth-order valence-corrected chi connectivity index (χ4v) is 3.37. The molecule has 0 N–H and O–H groups in total. The number of ketones is 1. The van der Waals surface area contributed by atoms with Crippen LogP contribution < -0.4 is 0 Å². The number of rotatable bonds is 2. The van der Waals surface area contributed by atoms with Gasteiger partial charge < -0.3 is 13.9 Å². The van der Waals surface area contributed by atoms with Gasteiger partial charge in [0.15, 0.2) is 5.78 Å². The first-order valence-corrected chi connectivity index (χ1v) is 7.44. The van der Waals surface area contributed by atoms with Crippen LogP contribution in [0, 0.1) is 4.84 Å². The van der Waals surface area contributed by atoms with Gasteiger partial charge in [-0.1, -0.05) is 6.07 Å². The topological polar surface area (TPSA) is 66.5 Å². The lowest BCUT2D eigenvalue weighted by atomic mass is 10.0. The van der Waals surface area contributed by atoms with Crippen molar-refractivity contribution in [3.05, 3.63) is 22.4 Å². The van der Waals surface area contributed by atoms with Gasteiger partial charge in [-0.25, -0.2) is 4.68 Å². The van der Waals surface area contributed by atoms with Crippen LogP contribution in [0.2, 0.25) is 0 Å². The molecule has 6 nitrogen and oxygen atoms in total. The number of nitrogens with zero attached hydrogens (tertiary/aromatic N) is 2. The van der Waals surface area contributed by atoms with E-state index < -0.39 is 6.29 Å². The monoisotopic (exact) mass is 310 g/mol. The van der Waals surface area contributed by atoms with Crippen LogP contribution in [-0.4, -0.2) is 34.6 Å². The highest BCUT2D eigenvalue weighted by molar-refractivity contribution is 7.71. The second-order valence-corrected chi connectivity index (χ2v) is 5.97. The Morgan fingerprint density at radius 2 is 2.40 bits per heavy atom. The van der Waals surface area contributed by atoms with E-state index >= 15 is 0 Å². The summed E-state index contributed by atoms with van der Waals surface area (Å²) in [7, 11) is 0. The standard InChI is InChI=1S/C12H10N2O4S2/c15-7-4-6(8-5-16-11(7)17-8)14-12(19)18-10(13-14)9-2-1-3-20-9/h1-3,6,8,11H,4-5H2/t6-,8+,11+/m1/s1. The number of thiophene rings is 1. The largest absolute Gasteiger partial charge is 0.408 e. The molecule has 2 aliphatic rings. The Labute approximate surface area is 122 Å². The Hall–Kier alpha value is -1.35. The number of ether oxygens (including phenoxy) is 2. The first-order chi connectivity index (χ1) is 9.72. The zero-order valence-corrected chi connectivity index (χ0v) is 11.9. The van der Waals surface area contributed by atoms with Gasteiger partial charge in [-0.05, 0) is 23.7 Å². The van der Waals surface area contributed by atoms with E-state index in [1.807, 2.05) is 17.5 Å². The van der Waals surface area contributed by atoms with Gasteiger partial charge in [-0.3, -0.25) is 4.79 Å². The molecular formula is C12H10N2O4S2. The SMILES string of the molecule is O=C1C[C@@H](n2nc(-c3cccs3)oc2=S)[C@@H]2CO[C@H]1O2. The van der Waals surface area contributed by atoms with Crippen LogP contribution in [0.4, 0.5) is 0 Å². The maximum atomic E-state index is 11.8. The maximum Gasteiger partial charge on any atom is 0.287 e. The molecule has 2 aliphatic heterocycles. The fourth-order valence-electron chi connectivity index (χ4n) is 2.47. The summed E-state index contributed by atoms with van der Waals surface area (Å²) >= 11 is 6.73. The minimum Gasteiger partial charge on any atom is -0.408 e. The van der Waals surface area contributed by atoms with Gasteiger partial charge in [0.25, 0.3) is 10.7 Å². The van der Waals surface area contributed by atoms with Gasteiger partial charge in [0.05, 0.1) is 17.5 Å². The number of carbonyl (C=O) groups is 1. The molecule has 0 radical (unpaired) electrons. The Morgan fingerprint density at radius 3 is 3.20 bits per heavy atom. The van der Waals surface area contributed by atoms with Gasteiger partial charge in [0, 0.05) is 6.42 Å². The molecule has 0 unspecified atom stereocenters. The van der Waals surface area contributed by atoms with Crippen molar-refractivity contribution in [2.24, 2.45) is 0 Å². The van der Waals surface area contributed by atoms with Crippen LogP contribution in [0.25, 0.3) is 10.8 Å². The molecule has 20 heavy (non-hydrogen) atoms. The summed E-state index contributed by atoms with van der Waals surface area (Å²) in [5.41, 5.74) is 0. The molecule has 2 aromatic rings. The van der Waals surface area contributed by atoms with Gasteiger partial charge in [0.2, 0.25) is 6.29 Å². The van der Waals surface area contributed by atoms with Crippen LogP contribution in [0.15, 0.2) is 21.9 Å². The minimum absolute atomic E-state index is 0.0775. The molecular weight excluding hydrogens is 300 g/mol. The summed E-state index contributed by atoms with van der Waals surface area (Å²) in [5, 5.41) is 6.34. The van der Waals surface area contributed by atoms with Crippen LogP contribution >= 0.6 is 23.6 Å². The highest BCUT2D eigenvalue weighted by Gasteiger charge is 2.45. The summed E-state index contributed by atoms with van der Waals surface area (Å²) in [4.78, 5) is 13.0. The van der Waals surface area contributed by atoms with Crippen molar-refractivity contribution in [3.8, 4) is 10.8 Å². The number of hydrogen-bond donors (Lipinski definition) is 0. The Kier molecular flexibility index (Phi) is 2.84. The first kappa shape index (κ1) is 12.4. The lowest BCUT2D eigenvalue weighted by molar-refractivity contribution is -0.156. The predicted octanol–water partition coefficient (Wildman–Crippen LogP) is 2.19. The predicted molar refractivity (Wildman–Crippen MR) is 71.9 cm³/mol. The molecule has 2 aromatic heterocycles. The van der Waals surface area contributed by atoms with Crippen molar-refractivity contribution >= 4 is 29.3 Å². The minimum atomic E-state index is -0.714. The maximum absolute atomic E-state index is 11.8. The number of Topliss-reactive ketones (excluding diaryl/α,β-unsaturated/α-hetero) is 1. The molecule has 4 rings (SSSR count). The van der Waals surface area contributed by atoms with Gasteiger partial charge in [-0.15, -0.1) is 16.4 Å². The molecule has 0 amide bonds. The van der Waals surface area contributed by atoms with Crippen LogP contribution in [-0.2, 0) is 14.3 Å². The lowest BCUT2D eigenvalue weighted by Gasteiger charge is -2.25. The summed E-state index contributed by atoms with van der Waals surface area (Å²) in [6, 6.07) is 3.57. The van der Waals surface area contributed by atoms with Crippen LogP contribution in [0.1, 0.15) is 12.5 Å². The van der Waals surface area contributed by atoms with Crippen molar-refractivity contribution in [1.82, 2.24) is 9.78 Å². The third-order valence-corrected chi connectivity index (χ3v) is 4.56. The third-order valence-electron chi connectivity index (χ3n) is 3.43. The Balaban J connectivity index is 1.72. The molecule has 4 heterocycles. The molecule has 0 aliphatic carbocycles. The molecule has 2 saturated heterocycles.